The summed E-state index contributed by atoms with van der Waals surface area (Å²) in [5.41, 5.74) is 8.90. The lowest BCUT2D eigenvalue weighted by Crippen LogP contribution is -2.37. The number of anilines is 1. The quantitative estimate of drug-likeness (QED) is 0.544. The molecule has 1 amide bonds. The standard InChI is InChI=1S/C21H30ClN3O2/c1-4-25(18-8-6-5-7-9-18)20-11-17(22)10-19(14(20)2)21(27)24-12-16(13-26)15(3)23/h10-11,13,18H,4-9,12,23H2,1-3H3,(H,24,27)/b16-15-. The van der Waals surface area contributed by atoms with Gasteiger partial charge >= 0.3 is 0 Å². The minimum atomic E-state index is -0.253. The fourth-order valence-electron chi connectivity index (χ4n) is 3.76. The van der Waals surface area contributed by atoms with E-state index in [1.165, 1.54) is 32.1 Å². The van der Waals surface area contributed by atoms with Crippen molar-refractivity contribution in [2.24, 2.45) is 5.73 Å². The van der Waals surface area contributed by atoms with E-state index in [0.717, 1.165) is 17.8 Å². The zero-order chi connectivity index (χ0) is 20.0. The van der Waals surface area contributed by atoms with Gasteiger partial charge in [-0.25, -0.2) is 0 Å². The number of benzene rings is 1. The van der Waals surface area contributed by atoms with Gasteiger partial charge in [-0.3, -0.25) is 9.59 Å². The molecule has 0 atom stereocenters. The number of rotatable bonds is 7. The molecule has 27 heavy (non-hydrogen) atoms. The van der Waals surface area contributed by atoms with Crippen molar-refractivity contribution in [2.75, 3.05) is 18.0 Å². The largest absolute Gasteiger partial charge is 0.402 e. The summed E-state index contributed by atoms with van der Waals surface area (Å²) in [4.78, 5) is 26.2. The summed E-state index contributed by atoms with van der Waals surface area (Å²) in [5.74, 6) is -0.253. The van der Waals surface area contributed by atoms with Gasteiger partial charge in [0.2, 0.25) is 0 Å². The van der Waals surface area contributed by atoms with Crippen molar-refractivity contribution in [3.63, 3.8) is 0 Å². The van der Waals surface area contributed by atoms with Crippen LogP contribution in [0.3, 0.4) is 0 Å². The van der Waals surface area contributed by atoms with E-state index in [1.807, 2.05) is 13.0 Å². The second-order valence-electron chi connectivity index (χ2n) is 7.18. The van der Waals surface area contributed by atoms with Crippen molar-refractivity contribution in [3.05, 3.63) is 39.6 Å². The maximum atomic E-state index is 12.7. The molecule has 1 aromatic rings. The number of aldehydes is 1. The van der Waals surface area contributed by atoms with Crippen LogP contribution in [-0.4, -0.2) is 31.3 Å². The fourth-order valence-corrected chi connectivity index (χ4v) is 3.97. The second-order valence-corrected chi connectivity index (χ2v) is 7.62. The molecule has 0 spiro atoms. The molecule has 1 saturated carbocycles. The molecule has 1 aliphatic carbocycles. The second kappa shape index (κ2) is 9.79. The van der Waals surface area contributed by atoms with E-state index in [9.17, 15) is 9.59 Å². The van der Waals surface area contributed by atoms with Gasteiger partial charge in [0, 0.05) is 46.7 Å². The van der Waals surface area contributed by atoms with Gasteiger partial charge in [-0.2, -0.15) is 0 Å². The Bertz CT molecular complexity index is 720. The Hall–Kier alpha value is -2.01. The van der Waals surface area contributed by atoms with E-state index < -0.39 is 0 Å². The number of carbonyl (C=O) groups excluding carboxylic acids is 2. The average molecular weight is 392 g/mol. The molecule has 1 aromatic carbocycles. The first-order chi connectivity index (χ1) is 12.9. The van der Waals surface area contributed by atoms with E-state index in [2.05, 4.69) is 17.1 Å². The number of nitrogens with two attached hydrogens (primary N) is 1. The van der Waals surface area contributed by atoms with Crippen LogP contribution in [0.2, 0.25) is 5.02 Å². The highest BCUT2D eigenvalue weighted by molar-refractivity contribution is 6.31. The van der Waals surface area contributed by atoms with Crippen LogP contribution in [0.5, 0.6) is 0 Å². The highest BCUT2D eigenvalue weighted by Gasteiger charge is 2.24. The maximum Gasteiger partial charge on any atom is 0.251 e. The van der Waals surface area contributed by atoms with Crippen LogP contribution in [0.1, 0.15) is 61.9 Å². The molecule has 0 aliphatic heterocycles. The third kappa shape index (κ3) is 5.25. The van der Waals surface area contributed by atoms with Gasteiger partial charge in [0.15, 0.2) is 0 Å². The zero-order valence-corrected chi connectivity index (χ0v) is 17.2. The molecule has 0 aromatic heterocycles. The molecule has 6 heteroatoms. The highest BCUT2D eigenvalue weighted by Crippen LogP contribution is 2.33. The minimum Gasteiger partial charge on any atom is -0.402 e. The van der Waals surface area contributed by atoms with Crippen LogP contribution >= 0.6 is 11.6 Å². The van der Waals surface area contributed by atoms with Crippen molar-refractivity contribution < 1.29 is 9.59 Å². The lowest BCUT2D eigenvalue weighted by Gasteiger charge is -2.36. The van der Waals surface area contributed by atoms with Gasteiger partial charge in [-0.05, 0) is 51.3 Å². The molecule has 3 N–H and O–H groups in total. The van der Waals surface area contributed by atoms with Gasteiger partial charge in [-0.15, -0.1) is 0 Å². The van der Waals surface area contributed by atoms with Crippen LogP contribution in [0.15, 0.2) is 23.4 Å². The Morgan fingerprint density at radius 2 is 2.00 bits per heavy atom. The Kier molecular flexibility index (Phi) is 7.72. The van der Waals surface area contributed by atoms with Crippen molar-refractivity contribution in [1.82, 2.24) is 5.32 Å². The first-order valence-electron chi connectivity index (χ1n) is 9.64. The summed E-state index contributed by atoms with van der Waals surface area (Å²) >= 11 is 6.35. The Morgan fingerprint density at radius 1 is 1.33 bits per heavy atom. The molecule has 1 aliphatic rings. The van der Waals surface area contributed by atoms with Crippen molar-refractivity contribution >= 4 is 29.5 Å². The van der Waals surface area contributed by atoms with Gasteiger partial charge in [0.25, 0.3) is 5.91 Å². The molecular weight excluding hydrogens is 362 g/mol. The number of nitrogens with zero attached hydrogens (tertiary/aromatic N) is 1. The zero-order valence-electron chi connectivity index (χ0n) is 16.5. The topological polar surface area (TPSA) is 75.4 Å². The molecular formula is C21H30ClN3O2. The van der Waals surface area contributed by atoms with E-state index in [-0.39, 0.29) is 12.5 Å². The first-order valence-corrected chi connectivity index (χ1v) is 10.0. The van der Waals surface area contributed by atoms with Crippen LogP contribution in [0.25, 0.3) is 0 Å². The van der Waals surface area contributed by atoms with Crippen LogP contribution < -0.4 is 16.0 Å². The van der Waals surface area contributed by atoms with Crippen molar-refractivity contribution in [1.29, 1.82) is 0 Å². The normalized spacial score (nSPS) is 15.9. The molecule has 0 heterocycles. The molecule has 0 radical (unpaired) electrons. The summed E-state index contributed by atoms with van der Waals surface area (Å²) < 4.78 is 0. The molecule has 148 valence electrons. The number of nitrogens with one attached hydrogen (secondary N) is 1. The number of hydrogen-bond acceptors (Lipinski definition) is 4. The number of carbonyl (C=O) groups is 2. The lowest BCUT2D eigenvalue weighted by molar-refractivity contribution is -0.105. The van der Waals surface area contributed by atoms with Crippen molar-refractivity contribution in [2.45, 2.75) is 58.9 Å². The highest BCUT2D eigenvalue weighted by atomic mass is 35.5. The molecule has 5 nitrogen and oxygen atoms in total. The van der Waals surface area contributed by atoms with E-state index in [0.29, 0.717) is 34.2 Å². The molecule has 1 fully saturated rings. The maximum absolute atomic E-state index is 12.7. The summed E-state index contributed by atoms with van der Waals surface area (Å²) in [5, 5.41) is 3.32. The van der Waals surface area contributed by atoms with E-state index in [1.54, 1.807) is 13.0 Å². The smallest absolute Gasteiger partial charge is 0.251 e. The Morgan fingerprint density at radius 3 is 2.56 bits per heavy atom. The minimum absolute atomic E-state index is 0.103. The monoisotopic (exact) mass is 391 g/mol. The number of allylic oxidation sites excluding steroid dienone is 1. The first kappa shape index (κ1) is 21.3. The van der Waals surface area contributed by atoms with Crippen LogP contribution in [-0.2, 0) is 4.79 Å². The summed E-state index contributed by atoms with van der Waals surface area (Å²) in [7, 11) is 0. The van der Waals surface area contributed by atoms with E-state index in [4.69, 9.17) is 17.3 Å². The summed E-state index contributed by atoms with van der Waals surface area (Å²) in [6, 6.07) is 4.12. The number of halogens is 1. The molecule has 0 bridgehead atoms. The van der Waals surface area contributed by atoms with E-state index >= 15 is 0 Å². The molecule has 0 saturated heterocycles. The van der Waals surface area contributed by atoms with Gasteiger partial charge in [0.05, 0.1) is 0 Å². The van der Waals surface area contributed by atoms with Crippen LogP contribution in [0.4, 0.5) is 5.69 Å². The molecule has 2 rings (SSSR count). The fraction of sp³-hybridized carbons (Fsp3) is 0.524. The summed E-state index contributed by atoms with van der Waals surface area (Å²) in [6.45, 7) is 6.71. The Balaban J connectivity index is 2.29. The lowest BCUT2D eigenvalue weighted by atomic mass is 9.93. The number of hydrogen-bond donors (Lipinski definition) is 2. The Labute approximate surface area is 166 Å². The predicted molar refractivity (Wildman–Crippen MR) is 111 cm³/mol. The number of amides is 1. The molecule has 0 unspecified atom stereocenters. The van der Waals surface area contributed by atoms with Gasteiger partial charge in [-0.1, -0.05) is 30.9 Å². The van der Waals surface area contributed by atoms with Gasteiger partial charge < -0.3 is 16.0 Å². The predicted octanol–water partition coefficient (Wildman–Crippen LogP) is 3.97. The van der Waals surface area contributed by atoms with Crippen molar-refractivity contribution in [3.8, 4) is 0 Å². The van der Waals surface area contributed by atoms with Gasteiger partial charge in [0.1, 0.15) is 6.29 Å². The summed E-state index contributed by atoms with van der Waals surface area (Å²) in [6.07, 6.45) is 6.80. The van der Waals surface area contributed by atoms with Crippen LogP contribution in [0, 0.1) is 6.92 Å². The third-order valence-electron chi connectivity index (χ3n) is 5.34. The third-order valence-corrected chi connectivity index (χ3v) is 5.56. The SMILES string of the molecule is CCN(c1cc(Cl)cc(C(=O)NC/C(C=O)=C(\C)N)c1C)C1CCCCC1. The average Bonchev–Trinajstić information content (AvgIpc) is 2.65.